The van der Waals surface area contributed by atoms with Gasteiger partial charge in [-0.3, -0.25) is 4.79 Å². The van der Waals surface area contributed by atoms with Gasteiger partial charge in [0.1, 0.15) is 0 Å². The van der Waals surface area contributed by atoms with Crippen molar-refractivity contribution in [1.82, 2.24) is 15.3 Å². The van der Waals surface area contributed by atoms with Crippen LogP contribution in [0.2, 0.25) is 5.28 Å². The summed E-state index contributed by atoms with van der Waals surface area (Å²) in [5.74, 6) is -0.146. The minimum atomic E-state index is -0.146. The van der Waals surface area contributed by atoms with E-state index in [4.69, 9.17) is 16.3 Å². The van der Waals surface area contributed by atoms with E-state index in [1.807, 2.05) is 6.92 Å². The number of carbonyl (C=O) groups is 1. The van der Waals surface area contributed by atoms with Gasteiger partial charge in [0, 0.05) is 18.7 Å². The standard InChI is InChI=1S/C12H14ClN3O2/c1-7(6-18-2)14-11(17)8-3-4-9-10(5-8)16-12(13)15-9/h3-5,7H,6H2,1-2H3,(H,14,17)(H,15,16). The molecule has 1 atom stereocenters. The molecule has 2 rings (SSSR count). The molecule has 1 amide bonds. The number of nitrogens with one attached hydrogen (secondary N) is 2. The lowest BCUT2D eigenvalue weighted by Crippen LogP contribution is -2.35. The van der Waals surface area contributed by atoms with E-state index in [9.17, 15) is 4.79 Å². The van der Waals surface area contributed by atoms with Crippen LogP contribution in [0.1, 0.15) is 17.3 Å². The molecule has 0 saturated carbocycles. The molecule has 2 aromatic rings. The smallest absolute Gasteiger partial charge is 0.251 e. The fraction of sp³-hybridized carbons (Fsp3) is 0.333. The van der Waals surface area contributed by atoms with Crippen LogP contribution in [0.3, 0.4) is 0 Å². The van der Waals surface area contributed by atoms with Crippen LogP contribution in [0.5, 0.6) is 0 Å². The molecular weight excluding hydrogens is 254 g/mol. The zero-order valence-electron chi connectivity index (χ0n) is 10.2. The Balaban J connectivity index is 2.17. The van der Waals surface area contributed by atoms with Gasteiger partial charge in [0.15, 0.2) is 0 Å². The van der Waals surface area contributed by atoms with E-state index >= 15 is 0 Å². The summed E-state index contributed by atoms with van der Waals surface area (Å²) in [6.45, 7) is 2.36. The maximum Gasteiger partial charge on any atom is 0.251 e. The quantitative estimate of drug-likeness (QED) is 0.890. The van der Waals surface area contributed by atoms with Crippen molar-refractivity contribution in [3.8, 4) is 0 Å². The molecule has 0 saturated heterocycles. The summed E-state index contributed by atoms with van der Waals surface area (Å²) in [5, 5.41) is 3.15. The molecular formula is C12H14ClN3O2. The second kappa shape index (κ2) is 5.37. The van der Waals surface area contributed by atoms with Crippen molar-refractivity contribution in [1.29, 1.82) is 0 Å². The minimum Gasteiger partial charge on any atom is -0.383 e. The Hall–Kier alpha value is -1.59. The highest BCUT2D eigenvalue weighted by atomic mass is 35.5. The molecule has 0 fully saturated rings. The van der Waals surface area contributed by atoms with Gasteiger partial charge in [0.25, 0.3) is 5.91 Å². The summed E-state index contributed by atoms with van der Waals surface area (Å²) < 4.78 is 4.97. The van der Waals surface area contributed by atoms with E-state index in [-0.39, 0.29) is 11.9 Å². The summed E-state index contributed by atoms with van der Waals surface area (Å²) in [5.41, 5.74) is 2.04. The highest BCUT2D eigenvalue weighted by Gasteiger charge is 2.11. The summed E-state index contributed by atoms with van der Waals surface area (Å²) in [6.07, 6.45) is 0. The van der Waals surface area contributed by atoms with Gasteiger partial charge in [-0.25, -0.2) is 4.98 Å². The van der Waals surface area contributed by atoms with Crippen LogP contribution in [0.15, 0.2) is 18.2 Å². The van der Waals surface area contributed by atoms with Crippen molar-refractivity contribution in [2.45, 2.75) is 13.0 Å². The van der Waals surface area contributed by atoms with Gasteiger partial charge >= 0.3 is 0 Å². The van der Waals surface area contributed by atoms with Gasteiger partial charge in [0.05, 0.1) is 17.6 Å². The summed E-state index contributed by atoms with van der Waals surface area (Å²) in [4.78, 5) is 18.9. The molecule has 1 unspecified atom stereocenters. The first kappa shape index (κ1) is 12.9. The molecule has 6 heteroatoms. The Morgan fingerprint density at radius 1 is 1.61 bits per heavy atom. The van der Waals surface area contributed by atoms with E-state index in [0.717, 1.165) is 11.0 Å². The first-order chi connectivity index (χ1) is 8.60. The molecule has 1 heterocycles. The number of nitrogens with zero attached hydrogens (tertiary/aromatic N) is 1. The van der Waals surface area contributed by atoms with Crippen molar-refractivity contribution in [2.24, 2.45) is 0 Å². The summed E-state index contributed by atoms with van der Waals surface area (Å²) in [7, 11) is 1.60. The van der Waals surface area contributed by atoms with Crippen molar-refractivity contribution in [2.75, 3.05) is 13.7 Å². The van der Waals surface area contributed by atoms with Crippen LogP contribution in [0, 0.1) is 0 Å². The van der Waals surface area contributed by atoms with Crippen LogP contribution in [-0.4, -0.2) is 35.6 Å². The van der Waals surface area contributed by atoms with Crippen molar-refractivity contribution < 1.29 is 9.53 Å². The van der Waals surface area contributed by atoms with E-state index in [1.165, 1.54) is 0 Å². The molecule has 2 N–H and O–H groups in total. The number of H-pyrrole nitrogens is 1. The molecule has 0 spiro atoms. The lowest BCUT2D eigenvalue weighted by Gasteiger charge is -2.12. The first-order valence-corrected chi connectivity index (χ1v) is 5.93. The Bertz CT molecular complexity index is 567. The zero-order chi connectivity index (χ0) is 13.1. The average molecular weight is 268 g/mol. The number of aromatic amines is 1. The van der Waals surface area contributed by atoms with Crippen LogP contribution < -0.4 is 5.32 Å². The number of imidazole rings is 1. The van der Waals surface area contributed by atoms with Crippen LogP contribution in [0.25, 0.3) is 11.0 Å². The van der Waals surface area contributed by atoms with Gasteiger partial charge in [-0.05, 0) is 36.7 Å². The second-order valence-electron chi connectivity index (χ2n) is 4.09. The topological polar surface area (TPSA) is 67.0 Å². The number of carbonyl (C=O) groups excluding carboxylic acids is 1. The molecule has 18 heavy (non-hydrogen) atoms. The third-order valence-corrected chi connectivity index (χ3v) is 2.69. The number of hydrogen-bond donors (Lipinski definition) is 2. The summed E-state index contributed by atoms with van der Waals surface area (Å²) in [6, 6.07) is 5.16. The number of ether oxygens (including phenoxy) is 1. The lowest BCUT2D eigenvalue weighted by atomic mass is 10.2. The van der Waals surface area contributed by atoms with Crippen molar-refractivity contribution >= 4 is 28.5 Å². The van der Waals surface area contributed by atoms with Gasteiger partial charge in [-0.2, -0.15) is 0 Å². The molecule has 1 aromatic heterocycles. The Labute approximate surface area is 109 Å². The van der Waals surface area contributed by atoms with Gasteiger partial charge < -0.3 is 15.0 Å². The molecule has 1 aromatic carbocycles. The fourth-order valence-corrected chi connectivity index (χ4v) is 1.91. The molecule has 5 nitrogen and oxygen atoms in total. The van der Waals surface area contributed by atoms with E-state index in [0.29, 0.717) is 17.5 Å². The van der Waals surface area contributed by atoms with Gasteiger partial charge in [-0.15, -0.1) is 0 Å². The van der Waals surface area contributed by atoms with E-state index in [1.54, 1.807) is 25.3 Å². The maximum atomic E-state index is 11.9. The first-order valence-electron chi connectivity index (χ1n) is 5.55. The summed E-state index contributed by atoms with van der Waals surface area (Å²) >= 11 is 5.76. The normalized spacial score (nSPS) is 12.6. The third kappa shape index (κ3) is 2.80. The number of amides is 1. The number of benzene rings is 1. The SMILES string of the molecule is COCC(C)NC(=O)c1ccc2nc(Cl)[nH]c2c1. The monoisotopic (exact) mass is 267 g/mol. The Morgan fingerprint density at radius 3 is 3.11 bits per heavy atom. The van der Waals surface area contributed by atoms with Crippen LogP contribution >= 0.6 is 11.6 Å². The molecule has 0 radical (unpaired) electrons. The Kier molecular flexibility index (Phi) is 3.84. The third-order valence-electron chi connectivity index (χ3n) is 2.51. The largest absolute Gasteiger partial charge is 0.383 e. The predicted molar refractivity (Wildman–Crippen MR) is 69.9 cm³/mol. The van der Waals surface area contributed by atoms with Crippen molar-refractivity contribution in [3.63, 3.8) is 0 Å². The number of fused-ring (bicyclic) bond motifs is 1. The molecule has 96 valence electrons. The number of hydrogen-bond acceptors (Lipinski definition) is 3. The average Bonchev–Trinajstić information content (AvgIpc) is 2.68. The molecule has 0 aliphatic heterocycles. The van der Waals surface area contributed by atoms with E-state index in [2.05, 4.69) is 15.3 Å². The fourth-order valence-electron chi connectivity index (χ4n) is 1.72. The minimum absolute atomic E-state index is 0.0384. The highest BCUT2D eigenvalue weighted by Crippen LogP contribution is 2.16. The number of aromatic nitrogens is 2. The number of rotatable bonds is 4. The van der Waals surface area contributed by atoms with Crippen LogP contribution in [0.4, 0.5) is 0 Å². The van der Waals surface area contributed by atoms with Gasteiger partial charge in [0.2, 0.25) is 5.28 Å². The second-order valence-corrected chi connectivity index (χ2v) is 4.45. The Morgan fingerprint density at radius 2 is 2.39 bits per heavy atom. The van der Waals surface area contributed by atoms with Crippen molar-refractivity contribution in [3.05, 3.63) is 29.0 Å². The maximum absolute atomic E-state index is 11.9. The predicted octanol–water partition coefficient (Wildman–Crippen LogP) is 1.98. The molecule has 0 bridgehead atoms. The zero-order valence-corrected chi connectivity index (χ0v) is 10.9. The molecule has 0 aliphatic rings. The van der Waals surface area contributed by atoms with Gasteiger partial charge in [-0.1, -0.05) is 0 Å². The number of methoxy groups -OCH3 is 1. The molecule has 0 aliphatic carbocycles. The van der Waals surface area contributed by atoms with E-state index < -0.39 is 0 Å². The van der Waals surface area contributed by atoms with Crippen LogP contribution in [-0.2, 0) is 4.74 Å². The highest BCUT2D eigenvalue weighted by molar-refractivity contribution is 6.29. The number of halogens is 1. The lowest BCUT2D eigenvalue weighted by molar-refractivity contribution is 0.0905.